The zero-order chi connectivity index (χ0) is 16.2. The van der Waals surface area contributed by atoms with Crippen LogP contribution in [0.1, 0.15) is 22.5 Å². The highest BCUT2D eigenvalue weighted by atomic mass is 32.1. The van der Waals surface area contributed by atoms with Crippen molar-refractivity contribution < 1.29 is 9.42 Å². The maximum atomic E-state index is 12.1. The summed E-state index contributed by atoms with van der Waals surface area (Å²) in [6, 6.07) is 5.40. The van der Waals surface area contributed by atoms with Gasteiger partial charge in [0.1, 0.15) is 21.0 Å². The van der Waals surface area contributed by atoms with Crippen molar-refractivity contribution in [1.29, 1.82) is 0 Å². The largest absolute Gasteiger partial charge is 0.331 e. The van der Waals surface area contributed by atoms with E-state index in [0.717, 1.165) is 22.0 Å². The normalized spacial score (nSPS) is 10.9. The number of urea groups is 1. The van der Waals surface area contributed by atoms with Crippen LogP contribution in [-0.4, -0.2) is 38.5 Å². The minimum atomic E-state index is -0.170. The molecule has 1 aromatic carbocycles. The van der Waals surface area contributed by atoms with Crippen molar-refractivity contribution in [2.75, 3.05) is 7.05 Å². The lowest BCUT2D eigenvalue weighted by molar-refractivity contribution is 0.206. The second kappa shape index (κ2) is 6.69. The molecule has 0 aliphatic heterocycles. The van der Waals surface area contributed by atoms with Gasteiger partial charge in [-0.2, -0.15) is 0 Å². The first-order valence-corrected chi connectivity index (χ1v) is 7.98. The van der Waals surface area contributed by atoms with Crippen LogP contribution in [0.2, 0.25) is 0 Å². The standard InChI is InChI=1S/C14H16N6O2S/c1-3-12-16-17-13(23-12)7-15-14(21)20(2)8-9-4-5-10-11(6-9)19-22-18-10/h4-6H,3,7-8H2,1-2H3,(H,15,21). The number of benzene rings is 1. The minimum absolute atomic E-state index is 0.170. The summed E-state index contributed by atoms with van der Waals surface area (Å²) in [4.78, 5) is 13.7. The zero-order valence-corrected chi connectivity index (χ0v) is 13.6. The van der Waals surface area contributed by atoms with E-state index in [1.54, 1.807) is 11.9 Å². The number of carbonyl (C=O) groups is 1. The molecule has 0 radical (unpaired) electrons. The second-order valence-corrected chi connectivity index (χ2v) is 6.19. The molecule has 0 saturated heterocycles. The predicted molar refractivity (Wildman–Crippen MR) is 84.8 cm³/mol. The number of nitrogens with zero attached hydrogens (tertiary/aromatic N) is 5. The van der Waals surface area contributed by atoms with Crippen LogP contribution in [0.5, 0.6) is 0 Å². The minimum Gasteiger partial charge on any atom is -0.331 e. The van der Waals surface area contributed by atoms with Gasteiger partial charge in [0, 0.05) is 13.6 Å². The Morgan fingerprint density at radius 1 is 1.26 bits per heavy atom. The summed E-state index contributed by atoms with van der Waals surface area (Å²) in [5.41, 5.74) is 2.33. The molecule has 0 aliphatic carbocycles. The Morgan fingerprint density at radius 2 is 2.04 bits per heavy atom. The summed E-state index contributed by atoms with van der Waals surface area (Å²) in [7, 11) is 1.73. The van der Waals surface area contributed by atoms with Crippen molar-refractivity contribution in [3.8, 4) is 0 Å². The molecular formula is C14H16N6O2S. The van der Waals surface area contributed by atoms with Crippen molar-refractivity contribution in [1.82, 2.24) is 30.7 Å². The SMILES string of the molecule is CCc1nnc(CNC(=O)N(C)Cc2ccc3nonc3c2)s1. The van der Waals surface area contributed by atoms with Gasteiger partial charge in [-0.15, -0.1) is 10.2 Å². The fraction of sp³-hybridized carbons (Fsp3) is 0.357. The molecular weight excluding hydrogens is 316 g/mol. The quantitative estimate of drug-likeness (QED) is 0.767. The van der Waals surface area contributed by atoms with E-state index < -0.39 is 0 Å². The average Bonchev–Trinajstić information content (AvgIpc) is 3.20. The number of rotatable bonds is 5. The Labute approximate surface area is 136 Å². The first-order chi connectivity index (χ1) is 11.2. The van der Waals surface area contributed by atoms with Crippen molar-refractivity contribution >= 4 is 28.4 Å². The van der Waals surface area contributed by atoms with E-state index in [2.05, 4.69) is 30.5 Å². The third-order valence-corrected chi connectivity index (χ3v) is 4.35. The molecule has 23 heavy (non-hydrogen) atoms. The fourth-order valence-corrected chi connectivity index (χ4v) is 2.78. The highest BCUT2D eigenvalue weighted by molar-refractivity contribution is 7.11. The summed E-state index contributed by atoms with van der Waals surface area (Å²) < 4.78 is 4.67. The molecule has 3 aromatic rings. The van der Waals surface area contributed by atoms with Gasteiger partial charge < -0.3 is 10.2 Å². The molecule has 0 unspecified atom stereocenters. The number of amides is 2. The van der Waals surface area contributed by atoms with Crippen molar-refractivity contribution in [3.63, 3.8) is 0 Å². The summed E-state index contributed by atoms with van der Waals surface area (Å²) >= 11 is 1.51. The van der Waals surface area contributed by atoms with Crippen LogP contribution in [0, 0.1) is 0 Å². The molecule has 120 valence electrons. The van der Waals surface area contributed by atoms with Gasteiger partial charge in [0.2, 0.25) is 0 Å². The third-order valence-electron chi connectivity index (χ3n) is 3.29. The van der Waals surface area contributed by atoms with Crippen molar-refractivity contribution in [2.24, 2.45) is 0 Å². The van der Waals surface area contributed by atoms with Crippen molar-refractivity contribution in [3.05, 3.63) is 33.8 Å². The molecule has 2 heterocycles. The van der Waals surface area contributed by atoms with E-state index in [9.17, 15) is 4.79 Å². The topological polar surface area (TPSA) is 97.0 Å². The number of fused-ring (bicyclic) bond motifs is 1. The number of nitrogens with one attached hydrogen (secondary N) is 1. The maximum absolute atomic E-state index is 12.1. The number of hydrogen-bond acceptors (Lipinski definition) is 7. The van der Waals surface area contributed by atoms with Gasteiger partial charge in [0.15, 0.2) is 0 Å². The predicted octanol–water partition coefficient (Wildman–Crippen LogP) is 1.98. The average molecular weight is 332 g/mol. The molecule has 9 heteroatoms. The van der Waals surface area contributed by atoms with E-state index in [-0.39, 0.29) is 6.03 Å². The molecule has 2 amide bonds. The molecule has 0 spiro atoms. The van der Waals surface area contributed by atoms with E-state index in [0.29, 0.717) is 24.1 Å². The molecule has 8 nitrogen and oxygen atoms in total. The number of hydrogen-bond donors (Lipinski definition) is 1. The van der Waals surface area contributed by atoms with E-state index >= 15 is 0 Å². The first kappa shape index (κ1) is 15.3. The Morgan fingerprint density at radius 3 is 2.83 bits per heavy atom. The molecule has 0 bridgehead atoms. The van der Waals surface area contributed by atoms with Gasteiger partial charge in [-0.3, -0.25) is 0 Å². The highest BCUT2D eigenvalue weighted by Gasteiger charge is 2.11. The second-order valence-electron chi connectivity index (χ2n) is 5.05. The number of aryl methyl sites for hydroxylation is 1. The monoisotopic (exact) mass is 332 g/mol. The van der Waals surface area contributed by atoms with Gasteiger partial charge in [-0.25, -0.2) is 9.42 Å². The highest BCUT2D eigenvalue weighted by Crippen LogP contribution is 2.13. The molecule has 2 aromatic heterocycles. The fourth-order valence-electron chi connectivity index (χ4n) is 2.06. The van der Waals surface area contributed by atoms with Gasteiger partial charge >= 0.3 is 6.03 Å². The third kappa shape index (κ3) is 3.62. The maximum Gasteiger partial charge on any atom is 0.317 e. The van der Waals surface area contributed by atoms with Crippen LogP contribution in [0.25, 0.3) is 11.0 Å². The van der Waals surface area contributed by atoms with Crippen LogP contribution >= 0.6 is 11.3 Å². The number of carbonyl (C=O) groups excluding carboxylic acids is 1. The van der Waals surface area contributed by atoms with Gasteiger partial charge in [-0.05, 0) is 34.4 Å². The summed E-state index contributed by atoms with van der Waals surface area (Å²) in [5.74, 6) is 0. The molecule has 3 rings (SSSR count). The van der Waals surface area contributed by atoms with Gasteiger partial charge in [0.05, 0.1) is 6.54 Å². The van der Waals surface area contributed by atoms with Crippen LogP contribution < -0.4 is 5.32 Å². The Hall–Kier alpha value is -2.55. The summed E-state index contributed by atoms with van der Waals surface area (Å²) in [6.45, 7) is 2.87. The molecule has 0 saturated carbocycles. The molecule has 0 aliphatic rings. The van der Waals surface area contributed by atoms with Crippen LogP contribution in [0.4, 0.5) is 4.79 Å². The van der Waals surface area contributed by atoms with E-state index in [1.165, 1.54) is 11.3 Å². The van der Waals surface area contributed by atoms with Crippen LogP contribution in [0.3, 0.4) is 0 Å². The Balaban J connectivity index is 1.56. The van der Waals surface area contributed by atoms with Gasteiger partial charge in [0.25, 0.3) is 0 Å². The van der Waals surface area contributed by atoms with Crippen LogP contribution in [0.15, 0.2) is 22.8 Å². The first-order valence-electron chi connectivity index (χ1n) is 7.17. The van der Waals surface area contributed by atoms with E-state index in [1.807, 2.05) is 25.1 Å². The molecule has 0 atom stereocenters. The number of aromatic nitrogens is 4. The lowest BCUT2D eigenvalue weighted by Crippen LogP contribution is -2.36. The van der Waals surface area contributed by atoms with E-state index in [4.69, 9.17) is 0 Å². The summed E-state index contributed by atoms with van der Waals surface area (Å²) in [5, 5.41) is 20.2. The summed E-state index contributed by atoms with van der Waals surface area (Å²) in [6.07, 6.45) is 0.852. The van der Waals surface area contributed by atoms with Crippen molar-refractivity contribution in [2.45, 2.75) is 26.4 Å². The lowest BCUT2D eigenvalue weighted by atomic mass is 10.2. The molecule has 1 N–H and O–H groups in total. The Bertz CT molecular complexity index is 814. The smallest absolute Gasteiger partial charge is 0.317 e. The molecule has 0 fully saturated rings. The zero-order valence-electron chi connectivity index (χ0n) is 12.8. The van der Waals surface area contributed by atoms with Gasteiger partial charge in [-0.1, -0.05) is 24.3 Å². The Kier molecular flexibility index (Phi) is 4.47. The van der Waals surface area contributed by atoms with Crippen LogP contribution in [-0.2, 0) is 19.5 Å². The lowest BCUT2D eigenvalue weighted by Gasteiger charge is -2.17.